The average Bonchev–Trinajstić information content (AvgIpc) is 2.95. The lowest BCUT2D eigenvalue weighted by molar-refractivity contribution is 0.00256. The second kappa shape index (κ2) is 29.0. The minimum absolute atomic E-state index is 0.666. The van der Waals surface area contributed by atoms with Gasteiger partial charge in [0.25, 0.3) is 0 Å². The Morgan fingerprint density at radius 2 is 0.732 bits per heavy atom. The van der Waals surface area contributed by atoms with Crippen LogP contribution in [0.1, 0.15) is 181 Å². The van der Waals surface area contributed by atoms with Crippen LogP contribution in [-0.2, 0) is 0 Å². The van der Waals surface area contributed by atoms with E-state index < -0.39 is 0 Å². The van der Waals surface area contributed by atoms with Gasteiger partial charge in [-0.2, -0.15) is 0 Å². The Hall–Kier alpha value is -1.08. The summed E-state index contributed by atoms with van der Waals surface area (Å²) in [6.45, 7) is 7.26. The van der Waals surface area contributed by atoms with Gasteiger partial charge in [-0.05, 0) is 89.5 Å². The van der Waals surface area contributed by atoms with E-state index in [0.29, 0.717) is 5.41 Å². The first kappa shape index (κ1) is 37.9. The summed E-state index contributed by atoms with van der Waals surface area (Å²) in [6, 6.07) is 0. The standard InChI is InChI=1S/C40H73N/c1-4-6-8-10-12-14-16-18-20-22-24-26-28-30-32-34-36-40(38-41(3)39-40)37-35-33-31-29-27-25-23-21-19-17-15-13-11-9-7-5-2/h12-15,18-21H,4-11,16-17,22-39H2,1-3H3. The topological polar surface area (TPSA) is 3.24 Å². The van der Waals surface area contributed by atoms with E-state index in [1.807, 2.05) is 0 Å². The lowest BCUT2D eigenvalue weighted by atomic mass is 9.72. The molecule has 1 heteroatoms. The highest BCUT2D eigenvalue weighted by Crippen LogP contribution is 2.40. The molecule has 1 fully saturated rings. The van der Waals surface area contributed by atoms with Crippen LogP contribution in [0.15, 0.2) is 48.6 Å². The van der Waals surface area contributed by atoms with Crippen LogP contribution in [0.3, 0.4) is 0 Å². The van der Waals surface area contributed by atoms with Gasteiger partial charge in [-0.15, -0.1) is 0 Å². The van der Waals surface area contributed by atoms with E-state index >= 15 is 0 Å². The highest BCUT2D eigenvalue weighted by atomic mass is 15.2. The summed E-state index contributed by atoms with van der Waals surface area (Å²) in [5.41, 5.74) is 0.666. The van der Waals surface area contributed by atoms with Crippen molar-refractivity contribution in [2.75, 3.05) is 20.1 Å². The molecule has 238 valence electrons. The van der Waals surface area contributed by atoms with E-state index in [1.54, 1.807) is 0 Å². The molecule has 0 amide bonds. The molecule has 1 heterocycles. The molecule has 1 saturated heterocycles. The van der Waals surface area contributed by atoms with Crippen LogP contribution in [0, 0.1) is 5.41 Å². The third-order valence-electron chi connectivity index (χ3n) is 9.03. The van der Waals surface area contributed by atoms with Gasteiger partial charge < -0.3 is 4.90 Å². The van der Waals surface area contributed by atoms with Gasteiger partial charge in [-0.25, -0.2) is 0 Å². The second-order valence-electron chi connectivity index (χ2n) is 13.3. The molecule has 1 nitrogen and oxygen atoms in total. The van der Waals surface area contributed by atoms with Gasteiger partial charge in [0.05, 0.1) is 0 Å². The fraction of sp³-hybridized carbons (Fsp3) is 0.800. The van der Waals surface area contributed by atoms with Crippen molar-refractivity contribution in [2.24, 2.45) is 5.41 Å². The van der Waals surface area contributed by atoms with Crippen LogP contribution in [0.2, 0.25) is 0 Å². The lowest BCUT2D eigenvalue weighted by Crippen LogP contribution is -2.54. The van der Waals surface area contributed by atoms with Crippen molar-refractivity contribution in [3.63, 3.8) is 0 Å². The highest BCUT2D eigenvalue weighted by molar-refractivity contribution is 4.94. The highest BCUT2D eigenvalue weighted by Gasteiger charge is 2.39. The number of nitrogens with zero attached hydrogens (tertiary/aromatic N) is 1. The average molecular weight is 568 g/mol. The Morgan fingerprint density at radius 1 is 0.415 bits per heavy atom. The maximum Gasteiger partial charge on any atom is 0.00474 e. The molecule has 0 atom stereocenters. The summed E-state index contributed by atoms with van der Waals surface area (Å²) in [7, 11) is 2.31. The third kappa shape index (κ3) is 24.1. The van der Waals surface area contributed by atoms with E-state index in [-0.39, 0.29) is 0 Å². The van der Waals surface area contributed by atoms with Crippen molar-refractivity contribution in [1.82, 2.24) is 4.90 Å². The summed E-state index contributed by atoms with van der Waals surface area (Å²) < 4.78 is 0. The van der Waals surface area contributed by atoms with Crippen LogP contribution >= 0.6 is 0 Å². The zero-order valence-electron chi connectivity index (χ0n) is 28.4. The SMILES string of the molecule is CCCCCC=CCC=CCCCCCCCCC1(CCCCCCCCC=CCC=CCCCCC)CN(C)C1. The van der Waals surface area contributed by atoms with Crippen LogP contribution in [0.4, 0.5) is 0 Å². The normalized spacial score (nSPS) is 15.8. The first-order valence-electron chi connectivity index (χ1n) is 18.5. The molecule has 0 radical (unpaired) electrons. The quantitative estimate of drug-likeness (QED) is 0.0616. The molecule has 1 aliphatic rings. The van der Waals surface area contributed by atoms with Crippen molar-refractivity contribution >= 4 is 0 Å². The third-order valence-corrected chi connectivity index (χ3v) is 9.03. The molecule has 0 N–H and O–H groups in total. The van der Waals surface area contributed by atoms with Gasteiger partial charge in [0.15, 0.2) is 0 Å². The Labute approximate surface area is 259 Å². The molecule has 0 aromatic carbocycles. The fourth-order valence-corrected chi connectivity index (χ4v) is 6.52. The summed E-state index contributed by atoms with van der Waals surface area (Å²) in [5.74, 6) is 0. The summed E-state index contributed by atoms with van der Waals surface area (Å²) in [4.78, 5) is 2.55. The van der Waals surface area contributed by atoms with Crippen molar-refractivity contribution in [3.8, 4) is 0 Å². The minimum atomic E-state index is 0.666. The first-order chi connectivity index (χ1) is 20.2. The molecule has 0 spiro atoms. The van der Waals surface area contributed by atoms with Crippen LogP contribution < -0.4 is 0 Å². The van der Waals surface area contributed by atoms with E-state index in [4.69, 9.17) is 0 Å². The molecule has 0 unspecified atom stereocenters. The molecule has 0 aromatic heterocycles. The number of allylic oxidation sites excluding steroid dienone is 8. The van der Waals surface area contributed by atoms with Gasteiger partial charge in [-0.1, -0.05) is 152 Å². The lowest BCUT2D eigenvalue weighted by Gasteiger charge is -2.49. The van der Waals surface area contributed by atoms with Gasteiger partial charge in [0, 0.05) is 13.1 Å². The first-order valence-corrected chi connectivity index (χ1v) is 18.5. The van der Waals surface area contributed by atoms with E-state index in [2.05, 4.69) is 74.4 Å². The molecule has 41 heavy (non-hydrogen) atoms. The van der Waals surface area contributed by atoms with Crippen molar-refractivity contribution < 1.29 is 0 Å². The van der Waals surface area contributed by atoms with Crippen molar-refractivity contribution in [1.29, 1.82) is 0 Å². The number of hydrogen-bond donors (Lipinski definition) is 0. The van der Waals surface area contributed by atoms with E-state index in [9.17, 15) is 0 Å². The van der Waals surface area contributed by atoms with Crippen molar-refractivity contribution in [2.45, 2.75) is 181 Å². The van der Waals surface area contributed by atoms with Crippen LogP contribution in [0.5, 0.6) is 0 Å². The Kier molecular flexibility index (Phi) is 26.9. The summed E-state index contributed by atoms with van der Waals surface area (Å²) in [6.07, 6.45) is 54.5. The van der Waals surface area contributed by atoms with E-state index in [0.717, 1.165) is 12.8 Å². The zero-order chi connectivity index (χ0) is 29.5. The maximum atomic E-state index is 2.55. The van der Waals surface area contributed by atoms with Gasteiger partial charge in [0.2, 0.25) is 0 Å². The molecular formula is C40H73N. The zero-order valence-corrected chi connectivity index (χ0v) is 28.4. The van der Waals surface area contributed by atoms with Crippen LogP contribution in [-0.4, -0.2) is 25.0 Å². The molecule has 0 bridgehead atoms. The van der Waals surface area contributed by atoms with E-state index in [1.165, 1.54) is 167 Å². The Balaban J connectivity index is 1.93. The van der Waals surface area contributed by atoms with Crippen molar-refractivity contribution in [3.05, 3.63) is 48.6 Å². The fourth-order valence-electron chi connectivity index (χ4n) is 6.52. The molecule has 1 aliphatic heterocycles. The Bertz CT molecular complexity index is 598. The minimum Gasteiger partial charge on any atom is -0.305 e. The number of unbranched alkanes of at least 4 members (excludes halogenated alkanes) is 18. The van der Waals surface area contributed by atoms with Gasteiger partial charge >= 0.3 is 0 Å². The maximum absolute atomic E-state index is 2.55. The predicted octanol–water partition coefficient (Wildman–Crippen LogP) is 13.3. The second-order valence-corrected chi connectivity index (χ2v) is 13.3. The molecule has 1 rings (SSSR count). The molecular weight excluding hydrogens is 494 g/mol. The largest absolute Gasteiger partial charge is 0.305 e. The van der Waals surface area contributed by atoms with Gasteiger partial charge in [-0.3, -0.25) is 0 Å². The Morgan fingerprint density at radius 3 is 1.07 bits per heavy atom. The summed E-state index contributed by atoms with van der Waals surface area (Å²) in [5, 5.41) is 0. The van der Waals surface area contributed by atoms with Crippen LogP contribution in [0.25, 0.3) is 0 Å². The smallest absolute Gasteiger partial charge is 0.00474 e. The number of likely N-dealkylation sites (tertiary alicyclic amines) is 1. The number of hydrogen-bond acceptors (Lipinski definition) is 1. The predicted molar refractivity (Wildman–Crippen MR) is 188 cm³/mol. The van der Waals surface area contributed by atoms with Gasteiger partial charge in [0.1, 0.15) is 0 Å². The molecule has 0 saturated carbocycles. The molecule has 0 aromatic rings. The number of rotatable bonds is 30. The summed E-state index contributed by atoms with van der Waals surface area (Å²) >= 11 is 0. The molecule has 0 aliphatic carbocycles. The monoisotopic (exact) mass is 568 g/mol.